The summed E-state index contributed by atoms with van der Waals surface area (Å²) < 4.78 is 0.527. The van der Waals surface area contributed by atoms with Crippen molar-refractivity contribution in [3.63, 3.8) is 0 Å². The van der Waals surface area contributed by atoms with E-state index in [1.165, 1.54) is 18.2 Å². The highest BCUT2D eigenvalue weighted by Crippen LogP contribution is 2.25. The Morgan fingerprint density at radius 2 is 1.76 bits per heavy atom. The van der Waals surface area contributed by atoms with Gasteiger partial charge in [-0.2, -0.15) is 0 Å². The molecule has 0 aliphatic heterocycles. The predicted octanol–water partition coefficient (Wildman–Crippen LogP) is 3.76. The van der Waals surface area contributed by atoms with E-state index in [2.05, 4.69) is 21.2 Å². The first-order chi connectivity index (χ1) is 9.88. The van der Waals surface area contributed by atoms with E-state index in [4.69, 9.17) is 16.7 Å². The summed E-state index contributed by atoms with van der Waals surface area (Å²) in [6.07, 6.45) is 0. The van der Waals surface area contributed by atoms with Crippen LogP contribution in [0.25, 0.3) is 0 Å². The second-order valence-electron chi connectivity index (χ2n) is 4.12. The first-order valence-corrected chi connectivity index (χ1v) is 6.88. The van der Waals surface area contributed by atoms with Crippen LogP contribution in [0.2, 0.25) is 5.02 Å². The van der Waals surface area contributed by atoms with Crippen LogP contribution in [-0.2, 0) is 0 Å². The summed E-state index contributed by atoms with van der Waals surface area (Å²) in [7, 11) is 0. The Bertz CT molecular complexity index is 733. The van der Waals surface area contributed by atoms with Crippen molar-refractivity contribution in [2.45, 2.75) is 0 Å². The SMILES string of the molecule is O=C(O)c1ccc(NC(=O)c2ccc(Cl)cc2Br)cc1O. The van der Waals surface area contributed by atoms with E-state index >= 15 is 0 Å². The zero-order valence-corrected chi connectivity index (χ0v) is 12.8. The molecule has 0 aliphatic rings. The average Bonchev–Trinajstić information content (AvgIpc) is 2.37. The second kappa shape index (κ2) is 6.15. The molecule has 3 N–H and O–H groups in total. The van der Waals surface area contributed by atoms with Crippen LogP contribution in [0.15, 0.2) is 40.9 Å². The summed E-state index contributed by atoms with van der Waals surface area (Å²) in [6, 6.07) is 8.49. The summed E-state index contributed by atoms with van der Waals surface area (Å²) in [4.78, 5) is 22.9. The van der Waals surface area contributed by atoms with Gasteiger partial charge in [-0.25, -0.2) is 4.79 Å². The van der Waals surface area contributed by atoms with Crippen molar-refractivity contribution in [1.29, 1.82) is 0 Å². The van der Waals surface area contributed by atoms with Crippen LogP contribution in [0.5, 0.6) is 5.75 Å². The largest absolute Gasteiger partial charge is 0.507 e. The Labute approximate surface area is 133 Å². The van der Waals surface area contributed by atoms with Gasteiger partial charge in [0.2, 0.25) is 0 Å². The van der Waals surface area contributed by atoms with Crippen molar-refractivity contribution in [2.24, 2.45) is 0 Å². The third-order valence-corrected chi connectivity index (χ3v) is 3.55. The highest BCUT2D eigenvalue weighted by atomic mass is 79.9. The number of hydrogen-bond acceptors (Lipinski definition) is 3. The Morgan fingerprint density at radius 1 is 1.10 bits per heavy atom. The van der Waals surface area contributed by atoms with E-state index in [1.807, 2.05) is 0 Å². The molecule has 2 aromatic carbocycles. The van der Waals surface area contributed by atoms with Gasteiger partial charge in [0.15, 0.2) is 0 Å². The fourth-order valence-electron chi connectivity index (χ4n) is 1.66. The molecule has 7 heteroatoms. The van der Waals surface area contributed by atoms with E-state index in [0.29, 0.717) is 15.1 Å². The van der Waals surface area contributed by atoms with Gasteiger partial charge in [0.05, 0.1) is 5.56 Å². The Kier molecular flexibility index (Phi) is 4.50. The van der Waals surface area contributed by atoms with Crippen LogP contribution < -0.4 is 5.32 Å². The van der Waals surface area contributed by atoms with E-state index in [0.717, 1.165) is 0 Å². The van der Waals surface area contributed by atoms with E-state index in [9.17, 15) is 14.7 Å². The van der Waals surface area contributed by atoms with Gasteiger partial charge in [0.1, 0.15) is 11.3 Å². The molecule has 0 radical (unpaired) electrons. The lowest BCUT2D eigenvalue weighted by Gasteiger charge is -2.08. The zero-order valence-electron chi connectivity index (χ0n) is 10.4. The molecule has 0 fully saturated rings. The Hall–Kier alpha value is -2.05. The number of carboxylic acids is 1. The van der Waals surface area contributed by atoms with Gasteiger partial charge in [0, 0.05) is 21.2 Å². The quantitative estimate of drug-likeness (QED) is 0.768. The maximum Gasteiger partial charge on any atom is 0.339 e. The monoisotopic (exact) mass is 369 g/mol. The fourth-order valence-corrected chi connectivity index (χ4v) is 2.53. The average molecular weight is 371 g/mol. The Balaban J connectivity index is 2.23. The number of carboxylic acid groups (broad SMARTS) is 1. The minimum absolute atomic E-state index is 0.235. The molecule has 1 amide bonds. The number of hydrogen-bond donors (Lipinski definition) is 3. The topological polar surface area (TPSA) is 86.6 Å². The van der Waals surface area contributed by atoms with Gasteiger partial charge in [-0.15, -0.1) is 0 Å². The Morgan fingerprint density at radius 3 is 2.33 bits per heavy atom. The van der Waals surface area contributed by atoms with Gasteiger partial charge in [0.25, 0.3) is 5.91 Å². The molecule has 0 aliphatic carbocycles. The lowest BCUT2D eigenvalue weighted by atomic mass is 10.1. The maximum absolute atomic E-state index is 12.1. The van der Waals surface area contributed by atoms with Gasteiger partial charge in [-0.1, -0.05) is 11.6 Å². The summed E-state index contributed by atoms with van der Waals surface area (Å²) in [6.45, 7) is 0. The molecule has 2 aromatic rings. The number of carbonyl (C=O) groups is 2. The van der Waals surface area contributed by atoms with Gasteiger partial charge < -0.3 is 15.5 Å². The maximum atomic E-state index is 12.1. The number of nitrogens with one attached hydrogen (secondary N) is 1. The van der Waals surface area contributed by atoms with Crippen molar-refractivity contribution in [3.8, 4) is 5.75 Å². The summed E-state index contributed by atoms with van der Waals surface area (Å²) in [5, 5.41) is 21.4. The molecular weight excluding hydrogens is 362 g/mol. The third kappa shape index (κ3) is 3.53. The minimum Gasteiger partial charge on any atom is -0.507 e. The number of halogens is 2. The van der Waals surface area contributed by atoms with Crippen LogP contribution in [-0.4, -0.2) is 22.1 Å². The number of anilines is 1. The van der Waals surface area contributed by atoms with Crippen molar-refractivity contribution in [1.82, 2.24) is 0 Å². The number of amides is 1. The van der Waals surface area contributed by atoms with Crippen LogP contribution in [0.1, 0.15) is 20.7 Å². The molecular formula is C14H9BrClNO4. The van der Waals surface area contributed by atoms with Gasteiger partial charge in [-0.05, 0) is 46.3 Å². The van der Waals surface area contributed by atoms with Gasteiger partial charge in [-0.3, -0.25) is 4.79 Å². The van der Waals surface area contributed by atoms with E-state index < -0.39 is 17.6 Å². The van der Waals surface area contributed by atoms with E-state index in [-0.39, 0.29) is 11.3 Å². The molecule has 5 nitrogen and oxygen atoms in total. The molecule has 0 bridgehead atoms. The smallest absolute Gasteiger partial charge is 0.339 e. The molecule has 2 rings (SSSR count). The van der Waals surface area contributed by atoms with E-state index in [1.54, 1.807) is 18.2 Å². The van der Waals surface area contributed by atoms with Crippen LogP contribution in [0.4, 0.5) is 5.69 Å². The lowest BCUT2D eigenvalue weighted by molar-refractivity contribution is 0.0693. The normalized spacial score (nSPS) is 10.2. The molecule has 0 atom stereocenters. The van der Waals surface area contributed by atoms with Crippen LogP contribution in [0, 0.1) is 0 Å². The lowest BCUT2D eigenvalue weighted by Crippen LogP contribution is -2.12. The standard InChI is InChI=1S/C14H9BrClNO4/c15-11-5-7(16)1-3-9(11)13(19)17-8-2-4-10(14(20)21)12(18)6-8/h1-6,18H,(H,17,19)(H,20,21). The number of benzene rings is 2. The summed E-state index contributed by atoms with van der Waals surface area (Å²) >= 11 is 9.03. The molecule has 0 heterocycles. The van der Waals surface area contributed by atoms with Crippen molar-refractivity contribution in [3.05, 3.63) is 57.0 Å². The number of rotatable bonds is 3. The first-order valence-electron chi connectivity index (χ1n) is 5.71. The highest BCUT2D eigenvalue weighted by molar-refractivity contribution is 9.10. The molecule has 21 heavy (non-hydrogen) atoms. The molecule has 0 spiro atoms. The molecule has 0 aromatic heterocycles. The van der Waals surface area contributed by atoms with Crippen molar-refractivity contribution in [2.75, 3.05) is 5.32 Å². The van der Waals surface area contributed by atoms with Gasteiger partial charge >= 0.3 is 5.97 Å². The zero-order chi connectivity index (χ0) is 15.6. The minimum atomic E-state index is -1.24. The van der Waals surface area contributed by atoms with Crippen LogP contribution >= 0.6 is 27.5 Å². The molecule has 0 unspecified atom stereocenters. The summed E-state index contributed by atoms with van der Waals surface area (Å²) in [5.74, 6) is -2.08. The van der Waals surface area contributed by atoms with Crippen molar-refractivity contribution < 1.29 is 19.8 Å². The summed E-state index contributed by atoms with van der Waals surface area (Å²) in [5.41, 5.74) is 0.409. The number of aromatic carboxylic acids is 1. The highest BCUT2D eigenvalue weighted by Gasteiger charge is 2.13. The predicted molar refractivity (Wildman–Crippen MR) is 82.2 cm³/mol. The third-order valence-electron chi connectivity index (χ3n) is 2.66. The number of aromatic hydroxyl groups is 1. The van der Waals surface area contributed by atoms with Crippen molar-refractivity contribution >= 4 is 45.1 Å². The fraction of sp³-hybridized carbons (Fsp3) is 0. The second-order valence-corrected chi connectivity index (χ2v) is 5.41. The first kappa shape index (κ1) is 15.3. The number of phenols is 1. The molecule has 108 valence electrons. The van der Waals surface area contributed by atoms with Crippen LogP contribution in [0.3, 0.4) is 0 Å². The number of carbonyl (C=O) groups excluding carboxylic acids is 1. The molecule has 0 saturated carbocycles. The molecule has 0 saturated heterocycles.